The Bertz CT molecular complexity index is 944. The van der Waals surface area contributed by atoms with Crippen molar-refractivity contribution in [2.45, 2.75) is 6.61 Å². The highest BCUT2D eigenvalue weighted by Crippen LogP contribution is 2.18. The second-order valence-electron chi connectivity index (χ2n) is 5.64. The lowest BCUT2D eigenvalue weighted by Crippen LogP contribution is -2.51. The van der Waals surface area contributed by atoms with Crippen LogP contribution in [0.15, 0.2) is 54.1 Å². The maximum atomic E-state index is 11.9. The number of benzene rings is 2. The number of rotatable bonds is 5. The van der Waals surface area contributed by atoms with Crippen LogP contribution >= 0.6 is 12.2 Å². The van der Waals surface area contributed by atoms with Gasteiger partial charge in [-0.3, -0.25) is 20.2 Å². The smallest absolute Gasteiger partial charge is 0.263 e. The molecule has 0 saturated carbocycles. The first-order valence-electron chi connectivity index (χ1n) is 7.84. The second kappa shape index (κ2) is 7.79. The van der Waals surface area contributed by atoms with E-state index in [9.17, 15) is 19.5 Å². The average Bonchev–Trinajstić information content (AvgIpc) is 2.63. The average molecular weight is 381 g/mol. The molecule has 8 heteroatoms. The van der Waals surface area contributed by atoms with Gasteiger partial charge in [-0.25, -0.2) is 0 Å². The van der Waals surface area contributed by atoms with E-state index in [0.29, 0.717) is 11.3 Å². The molecule has 0 spiro atoms. The summed E-state index contributed by atoms with van der Waals surface area (Å²) in [4.78, 5) is 34.5. The summed E-state index contributed by atoms with van der Waals surface area (Å²) in [6.07, 6.45) is 1.44. The predicted molar refractivity (Wildman–Crippen MR) is 98.4 cm³/mol. The minimum absolute atomic E-state index is 0.0241. The van der Waals surface area contributed by atoms with E-state index in [4.69, 9.17) is 17.0 Å². The molecule has 27 heavy (non-hydrogen) atoms. The summed E-state index contributed by atoms with van der Waals surface area (Å²) < 4.78 is 5.68. The van der Waals surface area contributed by atoms with Crippen LogP contribution in [-0.2, 0) is 16.2 Å². The number of hydrogen-bond acceptors (Lipinski definition) is 6. The van der Waals surface area contributed by atoms with Crippen molar-refractivity contribution in [3.8, 4) is 5.75 Å². The van der Waals surface area contributed by atoms with E-state index in [-0.39, 0.29) is 22.9 Å². The van der Waals surface area contributed by atoms with E-state index in [1.54, 1.807) is 36.4 Å². The van der Waals surface area contributed by atoms with Gasteiger partial charge in [0, 0.05) is 0 Å². The molecule has 0 unspecified atom stereocenters. The molecule has 0 atom stereocenters. The minimum Gasteiger partial charge on any atom is -0.545 e. The summed E-state index contributed by atoms with van der Waals surface area (Å²) >= 11 is 4.75. The van der Waals surface area contributed by atoms with Crippen LogP contribution in [0.1, 0.15) is 21.5 Å². The van der Waals surface area contributed by atoms with Crippen molar-refractivity contribution in [2.24, 2.45) is 0 Å². The number of hydrogen-bond donors (Lipinski definition) is 2. The Morgan fingerprint density at radius 3 is 2.37 bits per heavy atom. The molecule has 2 aromatic rings. The lowest BCUT2D eigenvalue weighted by atomic mass is 10.1. The molecule has 0 aliphatic carbocycles. The normalized spacial score (nSPS) is 13.6. The van der Waals surface area contributed by atoms with Crippen LogP contribution in [0.3, 0.4) is 0 Å². The third kappa shape index (κ3) is 4.56. The minimum atomic E-state index is -1.24. The van der Waals surface area contributed by atoms with Crippen LogP contribution < -0.4 is 20.5 Å². The fraction of sp³-hybridized carbons (Fsp3) is 0.0526. The third-order valence-corrected chi connectivity index (χ3v) is 3.91. The van der Waals surface area contributed by atoms with Crippen LogP contribution in [0.2, 0.25) is 0 Å². The van der Waals surface area contributed by atoms with Gasteiger partial charge in [-0.15, -0.1) is 0 Å². The molecule has 0 bridgehead atoms. The van der Waals surface area contributed by atoms with Crippen molar-refractivity contribution in [3.63, 3.8) is 0 Å². The monoisotopic (exact) mass is 381 g/mol. The standard InChI is InChI=1S/C19H14N2O5S/c22-16-15(17(23)21-19(27)20-16)9-12-2-1-3-14(8-12)26-10-11-4-6-13(7-5-11)18(24)25/h1-9H,10H2,(H,24,25)(H2,20,21,22,23,27)/p-1. The lowest BCUT2D eigenvalue weighted by molar-refractivity contribution is -0.255. The highest BCUT2D eigenvalue weighted by Gasteiger charge is 2.25. The van der Waals surface area contributed by atoms with Crippen molar-refractivity contribution in [2.75, 3.05) is 0 Å². The van der Waals surface area contributed by atoms with Gasteiger partial charge in [-0.1, -0.05) is 36.4 Å². The molecule has 0 aromatic heterocycles. The first kappa shape index (κ1) is 18.3. The van der Waals surface area contributed by atoms with Crippen LogP contribution in [0.5, 0.6) is 5.75 Å². The number of aromatic carboxylic acids is 1. The van der Waals surface area contributed by atoms with Crippen LogP contribution in [-0.4, -0.2) is 22.9 Å². The van der Waals surface area contributed by atoms with Crippen LogP contribution in [0.25, 0.3) is 6.08 Å². The quantitative estimate of drug-likeness (QED) is 0.445. The molecular formula is C19H13N2O5S-. The van der Waals surface area contributed by atoms with E-state index in [2.05, 4.69) is 10.6 Å². The molecule has 1 aliphatic rings. The Morgan fingerprint density at radius 2 is 1.74 bits per heavy atom. The maximum absolute atomic E-state index is 11.9. The molecule has 1 fully saturated rings. The second-order valence-corrected chi connectivity index (χ2v) is 6.05. The molecule has 2 N–H and O–H groups in total. The fourth-order valence-corrected chi connectivity index (χ4v) is 2.56. The summed E-state index contributed by atoms with van der Waals surface area (Å²) in [5.41, 5.74) is 1.42. The summed E-state index contributed by atoms with van der Waals surface area (Å²) in [5, 5.41) is 15.5. The van der Waals surface area contributed by atoms with E-state index >= 15 is 0 Å². The maximum Gasteiger partial charge on any atom is 0.263 e. The van der Waals surface area contributed by atoms with Gasteiger partial charge in [0.25, 0.3) is 11.8 Å². The Kier molecular flexibility index (Phi) is 5.28. The first-order chi connectivity index (χ1) is 12.9. The van der Waals surface area contributed by atoms with Gasteiger partial charge in [0.2, 0.25) is 0 Å². The number of carboxylic acids is 1. The van der Waals surface area contributed by atoms with Gasteiger partial charge in [0.1, 0.15) is 17.9 Å². The van der Waals surface area contributed by atoms with Crippen LogP contribution in [0, 0.1) is 0 Å². The number of nitrogens with one attached hydrogen (secondary N) is 2. The number of amides is 2. The van der Waals surface area contributed by atoms with Gasteiger partial charge in [-0.2, -0.15) is 0 Å². The Morgan fingerprint density at radius 1 is 1.07 bits per heavy atom. The number of thiocarbonyl (C=S) groups is 1. The highest BCUT2D eigenvalue weighted by molar-refractivity contribution is 7.80. The zero-order valence-electron chi connectivity index (χ0n) is 13.9. The number of ether oxygens (including phenoxy) is 1. The van der Waals surface area contributed by atoms with E-state index in [1.165, 1.54) is 18.2 Å². The van der Waals surface area contributed by atoms with Gasteiger partial charge in [-0.05, 0) is 47.1 Å². The SMILES string of the molecule is O=C1NC(=S)NC(=O)C1=Cc1cccc(OCc2ccc(C(=O)[O-])cc2)c1. The molecule has 7 nitrogen and oxygen atoms in total. The van der Waals surface area contributed by atoms with E-state index < -0.39 is 17.8 Å². The Balaban J connectivity index is 1.71. The molecule has 136 valence electrons. The van der Waals surface area contributed by atoms with Gasteiger partial charge in [0.05, 0.1) is 5.97 Å². The zero-order chi connectivity index (χ0) is 19.4. The zero-order valence-corrected chi connectivity index (χ0v) is 14.7. The molecular weight excluding hydrogens is 368 g/mol. The summed E-state index contributed by atoms with van der Waals surface area (Å²) in [7, 11) is 0. The Hall–Kier alpha value is -3.52. The van der Waals surface area contributed by atoms with Crippen molar-refractivity contribution in [3.05, 3.63) is 70.8 Å². The number of carbonyl (C=O) groups excluding carboxylic acids is 3. The molecule has 0 radical (unpaired) electrons. The topological polar surface area (TPSA) is 108 Å². The van der Waals surface area contributed by atoms with Crippen molar-refractivity contribution in [1.82, 2.24) is 10.6 Å². The Labute approximate surface area is 159 Å². The molecule has 1 aliphatic heterocycles. The largest absolute Gasteiger partial charge is 0.545 e. The summed E-state index contributed by atoms with van der Waals surface area (Å²) in [6.45, 7) is 0.225. The van der Waals surface area contributed by atoms with Gasteiger partial charge >= 0.3 is 0 Å². The molecule has 1 saturated heterocycles. The van der Waals surface area contributed by atoms with E-state index in [1.807, 2.05) is 0 Å². The highest BCUT2D eigenvalue weighted by atomic mass is 32.1. The summed E-state index contributed by atoms with van der Waals surface area (Å²) in [6, 6.07) is 13.0. The molecule has 1 heterocycles. The predicted octanol–water partition coefficient (Wildman–Crippen LogP) is 0.543. The first-order valence-corrected chi connectivity index (χ1v) is 8.25. The number of carboxylic acid groups (broad SMARTS) is 1. The van der Waals surface area contributed by atoms with Crippen LogP contribution in [0.4, 0.5) is 0 Å². The van der Waals surface area contributed by atoms with Crippen molar-refractivity contribution < 1.29 is 24.2 Å². The molecule has 2 amide bonds. The molecule has 2 aromatic carbocycles. The van der Waals surface area contributed by atoms with Crippen molar-refractivity contribution >= 4 is 41.2 Å². The van der Waals surface area contributed by atoms with E-state index in [0.717, 1.165) is 5.56 Å². The molecule has 3 rings (SSSR count). The number of carbonyl (C=O) groups is 3. The van der Waals surface area contributed by atoms with Gasteiger partial charge in [0.15, 0.2) is 5.11 Å². The third-order valence-electron chi connectivity index (χ3n) is 3.71. The van der Waals surface area contributed by atoms with Crippen molar-refractivity contribution in [1.29, 1.82) is 0 Å². The lowest BCUT2D eigenvalue weighted by Gasteiger charge is -2.16. The summed E-state index contributed by atoms with van der Waals surface area (Å²) in [5.74, 6) is -1.84. The fourth-order valence-electron chi connectivity index (χ4n) is 2.37. The van der Waals surface area contributed by atoms with Gasteiger partial charge < -0.3 is 14.6 Å².